The zero-order valence-electron chi connectivity index (χ0n) is 13.6. The summed E-state index contributed by atoms with van der Waals surface area (Å²) in [4.78, 5) is 34.3. The fraction of sp³-hybridized carbons (Fsp3) is 0.176. The average Bonchev–Trinajstić information content (AvgIpc) is 2.56. The highest BCUT2D eigenvalue weighted by atomic mass is 16.6. The van der Waals surface area contributed by atoms with Crippen molar-refractivity contribution in [1.82, 2.24) is 0 Å². The maximum Gasteiger partial charge on any atom is 0.342 e. The van der Waals surface area contributed by atoms with Crippen LogP contribution in [0.1, 0.15) is 21.5 Å². The summed E-state index contributed by atoms with van der Waals surface area (Å²) < 4.78 is 4.86. The van der Waals surface area contributed by atoms with Gasteiger partial charge in [0.05, 0.1) is 4.92 Å². The second kappa shape index (κ2) is 7.43. The summed E-state index contributed by atoms with van der Waals surface area (Å²) in [6.07, 6.45) is 0. The molecule has 0 aliphatic heterocycles. The molecule has 0 aliphatic rings. The first kappa shape index (κ1) is 17.9. The van der Waals surface area contributed by atoms with E-state index in [4.69, 9.17) is 4.74 Å². The standard InChI is InChI=1S/C17H16N2O6/c1-10-6-7-14(20)12(8-10)17(22)25-9-15(21)18-16-11(2)4-3-5-13(16)19(23)24/h3-8,20H,9H2,1-2H3,(H,18,21). The normalized spacial score (nSPS) is 10.2. The minimum Gasteiger partial charge on any atom is -0.507 e. The van der Waals surface area contributed by atoms with Crippen LogP contribution in [0.2, 0.25) is 0 Å². The zero-order valence-corrected chi connectivity index (χ0v) is 13.6. The van der Waals surface area contributed by atoms with Crippen LogP contribution in [0.25, 0.3) is 0 Å². The molecule has 0 saturated carbocycles. The maximum atomic E-state index is 12.0. The van der Waals surface area contributed by atoms with Gasteiger partial charge in [-0.3, -0.25) is 14.9 Å². The molecule has 2 aromatic rings. The van der Waals surface area contributed by atoms with Crippen LogP contribution >= 0.6 is 0 Å². The van der Waals surface area contributed by atoms with E-state index in [2.05, 4.69) is 5.32 Å². The Hall–Kier alpha value is -3.42. The minimum atomic E-state index is -0.865. The third-order valence-corrected chi connectivity index (χ3v) is 3.42. The van der Waals surface area contributed by atoms with Crippen molar-refractivity contribution in [2.75, 3.05) is 11.9 Å². The van der Waals surface area contributed by atoms with Gasteiger partial charge in [-0.05, 0) is 31.5 Å². The van der Waals surface area contributed by atoms with E-state index in [1.165, 1.54) is 24.3 Å². The van der Waals surface area contributed by atoms with Crippen molar-refractivity contribution in [3.63, 3.8) is 0 Å². The smallest absolute Gasteiger partial charge is 0.342 e. The Kier molecular flexibility index (Phi) is 5.33. The molecule has 0 heterocycles. The van der Waals surface area contributed by atoms with Crippen molar-refractivity contribution in [3.8, 4) is 5.75 Å². The minimum absolute atomic E-state index is 0.0481. The molecule has 0 aliphatic carbocycles. The second-order valence-corrected chi connectivity index (χ2v) is 5.37. The van der Waals surface area contributed by atoms with Gasteiger partial charge in [-0.25, -0.2) is 4.79 Å². The monoisotopic (exact) mass is 344 g/mol. The number of phenols is 1. The van der Waals surface area contributed by atoms with Gasteiger partial charge in [0, 0.05) is 6.07 Å². The molecule has 8 nitrogen and oxygen atoms in total. The molecule has 0 unspecified atom stereocenters. The zero-order chi connectivity index (χ0) is 18.6. The largest absolute Gasteiger partial charge is 0.507 e. The van der Waals surface area contributed by atoms with Crippen LogP contribution in [-0.4, -0.2) is 28.5 Å². The van der Waals surface area contributed by atoms with Gasteiger partial charge in [-0.15, -0.1) is 0 Å². The number of benzene rings is 2. The number of hydrogen-bond donors (Lipinski definition) is 2. The third kappa shape index (κ3) is 4.31. The average molecular weight is 344 g/mol. The van der Waals surface area contributed by atoms with Gasteiger partial charge < -0.3 is 15.2 Å². The number of nitro benzene ring substituents is 1. The molecule has 1 amide bonds. The lowest BCUT2D eigenvalue weighted by Gasteiger charge is -2.10. The Morgan fingerprint density at radius 3 is 2.64 bits per heavy atom. The number of rotatable bonds is 5. The molecule has 0 fully saturated rings. The predicted molar refractivity (Wildman–Crippen MR) is 89.6 cm³/mol. The summed E-state index contributed by atoms with van der Waals surface area (Å²) >= 11 is 0. The highest BCUT2D eigenvalue weighted by molar-refractivity contribution is 5.98. The van der Waals surface area contributed by atoms with Crippen LogP contribution in [0.3, 0.4) is 0 Å². The van der Waals surface area contributed by atoms with Crippen LogP contribution < -0.4 is 5.32 Å². The van der Waals surface area contributed by atoms with E-state index in [1.54, 1.807) is 26.0 Å². The van der Waals surface area contributed by atoms with Crippen LogP contribution in [0, 0.1) is 24.0 Å². The van der Waals surface area contributed by atoms with Gasteiger partial charge in [0.2, 0.25) is 0 Å². The number of amides is 1. The van der Waals surface area contributed by atoms with Gasteiger partial charge in [0.25, 0.3) is 11.6 Å². The van der Waals surface area contributed by atoms with E-state index in [9.17, 15) is 24.8 Å². The summed E-state index contributed by atoms with van der Waals surface area (Å²) in [5, 5.41) is 23.1. The van der Waals surface area contributed by atoms with Crippen LogP contribution in [0.4, 0.5) is 11.4 Å². The van der Waals surface area contributed by atoms with Gasteiger partial charge in [0.15, 0.2) is 6.61 Å². The first-order valence-electron chi connectivity index (χ1n) is 7.30. The number of anilines is 1. The van der Waals surface area contributed by atoms with Crippen molar-refractivity contribution >= 4 is 23.3 Å². The lowest BCUT2D eigenvalue weighted by molar-refractivity contribution is -0.384. The highest BCUT2D eigenvalue weighted by Crippen LogP contribution is 2.27. The van der Waals surface area contributed by atoms with Gasteiger partial charge in [-0.2, -0.15) is 0 Å². The molecule has 0 aromatic heterocycles. The third-order valence-electron chi connectivity index (χ3n) is 3.42. The number of para-hydroxylation sites is 1. The molecule has 0 saturated heterocycles. The Balaban J connectivity index is 2.06. The van der Waals surface area contributed by atoms with Crippen LogP contribution in [0.15, 0.2) is 36.4 Å². The van der Waals surface area contributed by atoms with E-state index in [0.717, 1.165) is 5.56 Å². The highest BCUT2D eigenvalue weighted by Gasteiger charge is 2.19. The summed E-state index contributed by atoms with van der Waals surface area (Å²) in [6.45, 7) is 2.71. The van der Waals surface area contributed by atoms with Crippen molar-refractivity contribution in [3.05, 3.63) is 63.2 Å². The fourth-order valence-electron chi connectivity index (χ4n) is 2.16. The van der Waals surface area contributed by atoms with Crippen molar-refractivity contribution in [1.29, 1.82) is 0 Å². The number of aromatic hydroxyl groups is 1. The fourth-order valence-corrected chi connectivity index (χ4v) is 2.16. The number of carbonyl (C=O) groups is 2. The predicted octanol–water partition coefficient (Wildman–Crippen LogP) is 2.71. The van der Waals surface area contributed by atoms with Gasteiger partial charge in [-0.1, -0.05) is 23.8 Å². The number of carbonyl (C=O) groups excluding carboxylic acids is 2. The molecule has 0 atom stereocenters. The molecular weight excluding hydrogens is 328 g/mol. The molecule has 0 radical (unpaired) electrons. The van der Waals surface area contributed by atoms with Gasteiger partial charge in [0.1, 0.15) is 17.0 Å². The molecule has 0 spiro atoms. The lowest BCUT2D eigenvalue weighted by atomic mass is 10.1. The summed E-state index contributed by atoms with van der Waals surface area (Å²) in [5.74, 6) is -1.85. The Morgan fingerprint density at radius 1 is 1.24 bits per heavy atom. The van der Waals surface area contributed by atoms with E-state index in [-0.39, 0.29) is 22.7 Å². The SMILES string of the molecule is Cc1ccc(O)c(C(=O)OCC(=O)Nc2c(C)cccc2[N+](=O)[O-])c1. The number of hydrogen-bond acceptors (Lipinski definition) is 6. The summed E-state index contributed by atoms with van der Waals surface area (Å²) in [5.41, 5.74) is 0.979. The quantitative estimate of drug-likeness (QED) is 0.489. The van der Waals surface area contributed by atoms with E-state index in [1.807, 2.05) is 0 Å². The number of phenolic OH excluding ortho intramolecular Hbond substituents is 1. The van der Waals surface area contributed by atoms with Crippen molar-refractivity contribution in [2.24, 2.45) is 0 Å². The lowest BCUT2D eigenvalue weighted by Crippen LogP contribution is -2.22. The second-order valence-electron chi connectivity index (χ2n) is 5.37. The molecule has 8 heteroatoms. The van der Waals surface area contributed by atoms with E-state index in [0.29, 0.717) is 5.56 Å². The van der Waals surface area contributed by atoms with Crippen LogP contribution in [-0.2, 0) is 9.53 Å². The summed E-state index contributed by atoms with van der Waals surface area (Å²) in [6, 6.07) is 8.78. The molecule has 2 aromatic carbocycles. The molecule has 25 heavy (non-hydrogen) atoms. The molecular formula is C17H16N2O6. The topological polar surface area (TPSA) is 119 Å². The number of nitro groups is 1. The number of aryl methyl sites for hydroxylation is 2. The Morgan fingerprint density at radius 2 is 1.96 bits per heavy atom. The molecule has 0 bridgehead atoms. The number of nitrogens with one attached hydrogen (secondary N) is 1. The first-order chi connectivity index (χ1) is 11.8. The maximum absolute atomic E-state index is 12.0. The van der Waals surface area contributed by atoms with E-state index < -0.39 is 23.4 Å². The van der Waals surface area contributed by atoms with Crippen molar-refractivity contribution in [2.45, 2.75) is 13.8 Å². The van der Waals surface area contributed by atoms with Crippen molar-refractivity contribution < 1.29 is 24.4 Å². The Bertz CT molecular complexity index is 847. The Labute approximate surface area is 143 Å². The molecule has 130 valence electrons. The first-order valence-corrected chi connectivity index (χ1v) is 7.30. The number of esters is 1. The van der Waals surface area contributed by atoms with Gasteiger partial charge >= 0.3 is 5.97 Å². The van der Waals surface area contributed by atoms with Crippen LogP contribution in [0.5, 0.6) is 5.75 Å². The molecule has 2 rings (SSSR count). The number of nitrogens with zero attached hydrogens (tertiary/aromatic N) is 1. The van der Waals surface area contributed by atoms with E-state index >= 15 is 0 Å². The number of ether oxygens (including phenoxy) is 1. The summed E-state index contributed by atoms with van der Waals surface area (Å²) in [7, 11) is 0. The molecule has 2 N–H and O–H groups in total.